The number of carbonyl (C=O) groups excluding carboxylic acids is 3. The van der Waals surface area contributed by atoms with Gasteiger partial charge in [0.05, 0.1) is 12.6 Å². The summed E-state index contributed by atoms with van der Waals surface area (Å²) >= 11 is 0. The summed E-state index contributed by atoms with van der Waals surface area (Å²) in [6.45, 7) is 5.87. The lowest BCUT2D eigenvalue weighted by molar-refractivity contribution is -0.139. The van der Waals surface area contributed by atoms with Gasteiger partial charge >= 0.3 is 0 Å². The van der Waals surface area contributed by atoms with E-state index in [9.17, 15) is 14.4 Å². The SMILES string of the molecule is COCc1ccccc1C1C(C(=O)C(C)C)C(=O)C(=O)N1c1ccc2c(c1)cc(C)n2C. The molecule has 2 unspecified atom stereocenters. The van der Waals surface area contributed by atoms with E-state index in [4.69, 9.17) is 4.74 Å². The normalized spacial score (nSPS) is 18.9. The molecule has 1 amide bonds. The maximum absolute atomic E-state index is 13.3. The molecule has 2 aromatic carbocycles. The first-order chi connectivity index (χ1) is 15.3. The van der Waals surface area contributed by atoms with Crippen LogP contribution >= 0.6 is 0 Å². The quantitative estimate of drug-likeness (QED) is 0.434. The Balaban J connectivity index is 1.92. The van der Waals surface area contributed by atoms with Crippen molar-refractivity contribution in [3.05, 3.63) is 65.4 Å². The highest BCUT2D eigenvalue weighted by molar-refractivity contribution is 6.48. The molecule has 1 fully saturated rings. The third kappa shape index (κ3) is 3.45. The molecule has 6 heteroatoms. The molecule has 1 saturated heterocycles. The van der Waals surface area contributed by atoms with Gasteiger partial charge in [-0.3, -0.25) is 19.3 Å². The van der Waals surface area contributed by atoms with Crippen LogP contribution < -0.4 is 4.90 Å². The van der Waals surface area contributed by atoms with Crippen LogP contribution in [0.3, 0.4) is 0 Å². The second-order valence-corrected chi connectivity index (χ2v) is 8.74. The Kier molecular flexibility index (Phi) is 5.73. The van der Waals surface area contributed by atoms with Gasteiger partial charge in [0.15, 0.2) is 0 Å². The van der Waals surface area contributed by atoms with Gasteiger partial charge in [0.2, 0.25) is 5.78 Å². The third-order valence-corrected chi connectivity index (χ3v) is 6.40. The molecule has 32 heavy (non-hydrogen) atoms. The Morgan fingerprint density at radius 1 is 1.09 bits per heavy atom. The Morgan fingerprint density at radius 2 is 1.81 bits per heavy atom. The molecule has 166 valence electrons. The van der Waals surface area contributed by atoms with Gasteiger partial charge in [-0.05, 0) is 42.3 Å². The molecule has 0 aliphatic carbocycles. The number of hydrogen-bond donors (Lipinski definition) is 0. The van der Waals surface area contributed by atoms with E-state index in [2.05, 4.69) is 4.57 Å². The number of hydrogen-bond acceptors (Lipinski definition) is 4. The molecule has 0 spiro atoms. The highest BCUT2D eigenvalue weighted by atomic mass is 16.5. The maximum Gasteiger partial charge on any atom is 0.295 e. The van der Waals surface area contributed by atoms with Crippen molar-refractivity contribution in [1.29, 1.82) is 0 Å². The number of methoxy groups -OCH3 is 1. The van der Waals surface area contributed by atoms with Crippen molar-refractivity contribution in [3.8, 4) is 0 Å². The van der Waals surface area contributed by atoms with Crippen molar-refractivity contribution in [2.45, 2.75) is 33.4 Å². The summed E-state index contributed by atoms with van der Waals surface area (Å²) in [6.07, 6.45) is 0. The molecule has 1 aliphatic rings. The lowest BCUT2D eigenvalue weighted by Crippen LogP contribution is -2.32. The van der Waals surface area contributed by atoms with Gasteiger partial charge in [-0.2, -0.15) is 0 Å². The number of carbonyl (C=O) groups is 3. The highest BCUT2D eigenvalue weighted by Crippen LogP contribution is 2.43. The number of ketones is 2. The van der Waals surface area contributed by atoms with Gasteiger partial charge in [0.25, 0.3) is 5.91 Å². The van der Waals surface area contributed by atoms with Crippen LogP contribution in [0.2, 0.25) is 0 Å². The first-order valence-electron chi connectivity index (χ1n) is 10.8. The van der Waals surface area contributed by atoms with Crippen LogP contribution in [0, 0.1) is 18.8 Å². The van der Waals surface area contributed by atoms with Crippen LogP contribution in [0.1, 0.15) is 36.7 Å². The second-order valence-electron chi connectivity index (χ2n) is 8.74. The minimum Gasteiger partial charge on any atom is -0.380 e. The lowest BCUT2D eigenvalue weighted by atomic mass is 9.83. The number of rotatable bonds is 6. The minimum atomic E-state index is -1.05. The van der Waals surface area contributed by atoms with Crippen molar-refractivity contribution in [3.63, 3.8) is 0 Å². The average Bonchev–Trinajstić information content (AvgIpc) is 3.20. The smallest absolute Gasteiger partial charge is 0.295 e. The first kappa shape index (κ1) is 22.0. The molecule has 1 aromatic heterocycles. The summed E-state index contributed by atoms with van der Waals surface area (Å²) < 4.78 is 7.44. The van der Waals surface area contributed by atoms with Crippen molar-refractivity contribution in [2.75, 3.05) is 12.0 Å². The van der Waals surface area contributed by atoms with E-state index in [0.29, 0.717) is 12.3 Å². The number of aromatic nitrogens is 1. The Morgan fingerprint density at radius 3 is 2.50 bits per heavy atom. The van der Waals surface area contributed by atoms with Gasteiger partial charge in [-0.15, -0.1) is 0 Å². The van der Waals surface area contributed by atoms with Crippen LogP contribution in [0.4, 0.5) is 5.69 Å². The minimum absolute atomic E-state index is 0.222. The largest absolute Gasteiger partial charge is 0.380 e. The standard InChI is InChI=1S/C26H28N2O4/c1-15(2)24(29)22-23(20-9-7-6-8-17(20)14-32-5)28(26(31)25(22)30)19-10-11-21-18(13-19)12-16(3)27(21)4/h6-13,15,22-23H,14H2,1-5H3. The molecular formula is C26H28N2O4. The van der Waals surface area contributed by atoms with Gasteiger partial charge in [-0.1, -0.05) is 38.1 Å². The topological polar surface area (TPSA) is 68.6 Å². The fourth-order valence-electron chi connectivity index (χ4n) is 4.65. The summed E-state index contributed by atoms with van der Waals surface area (Å²) in [6, 6.07) is 14.6. The maximum atomic E-state index is 13.3. The van der Waals surface area contributed by atoms with Crippen molar-refractivity contribution >= 4 is 34.1 Å². The third-order valence-electron chi connectivity index (χ3n) is 6.40. The number of amides is 1. The molecule has 4 rings (SSSR count). The fraction of sp³-hybridized carbons (Fsp3) is 0.346. The zero-order valence-corrected chi connectivity index (χ0v) is 19.1. The number of fused-ring (bicyclic) bond motifs is 1. The molecule has 3 aromatic rings. The summed E-state index contributed by atoms with van der Waals surface area (Å²) in [5, 5.41) is 0.977. The number of ether oxygens (including phenoxy) is 1. The fourth-order valence-corrected chi connectivity index (χ4v) is 4.65. The molecular weight excluding hydrogens is 404 g/mol. The van der Waals surface area contributed by atoms with E-state index < -0.39 is 23.7 Å². The van der Waals surface area contributed by atoms with Crippen molar-refractivity contribution < 1.29 is 19.1 Å². The molecule has 1 aliphatic heterocycles. The predicted octanol–water partition coefficient (Wildman–Crippen LogP) is 4.13. The molecule has 2 heterocycles. The highest BCUT2D eigenvalue weighted by Gasteiger charge is 2.52. The summed E-state index contributed by atoms with van der Waals surface area (Å²) in [4.78, 5) is 41.1. The zero-order valence-electron chi connectivity index (χ0n) is 19.1. The van der Waals surface area contributed by atoms with Crippen LogP contribution in [0.5, 0.6) is 0 Å². The first-order valence-corrected chi connectivity index (χ1v) is 10.8. The summed E-state index contributed by atoms with van der Waals surface area (Å²) in [5.41, 5.74) is 4.35. The van der Waals surface area contributed by atoms with E-state index in [1.165, 1.54) is 4.90 Å². The van der Waals surface area contributed by atoms with E-state index in [-0.39, 0.29) is 11.7 Å². The van der Waals surface area contributed by atoms with Gasteiger partial charge in [0.1, 0.15) is 11.7 Å². The van der Waals surface area contributed by atoms with Crippen LogP contribution in [0.15, 0.2) is 48.5 Å². The van der Waals surface area contributed by atoms with Gasteiger partial charge < -0.3 is 9.30 Å². The molecule has 0 saturated carbocycles. The average molecular weight is 433 g/mol. The predicted molar refractivity (Wildman–Crippen MR) is 123 cm³/mol. The molecule has 0 N–H and O–H groups in total. The van der Waals surface area contributed by atoms with Crippen LogP contribution in [-0.2, 0) is 32.8 Å². The molecule has 6 nitrogen and oxygen atoms in total. The van der Waals surface area contributed by atoms with Crippen molar-refractivity contribution in [1.82, 2.24) is 4.57 Å². The van der Waals surface area contributed by atoms with E-state index >= 15 is 0 Å². The number of anilines is 1. The molecule has 0 radical (unpaired) electrons. The number of benzene rings is 2. The number of aryl methyl sites for hydroxylation is 2. The van der Waals surface area contributed by atoms with Gasteiger partial charge in [-0.25, -0.2) is 0 Å². The molecule has 0 bridgehead atoms. The van der Waals surface area contributed by atoms with Gasteiger partial charge in [0, 0.05) is 42.4 Å². The monoisotopic (exact) mass is 432 g/mol. The summed E-state index contributed by atoms with van der Waals surface area (Å²) in [7, 11) is 3.59. The Labute approximate surface area is 187 Å². The lowest BCUT2D eigenvalue weighted by Gasteiger charge is -2.29. The van der Waals surface area contributed by atoms with E-state index in [0.717, 1.165) is 27.7 Å². The Bertz CT molecular complexity index is 1220. The number of nitrogens with zero attached hydrogens (tertiary/aromatic N) is 2. The van der Waals surface area contributed by atoms with E-state index in [1.807, 2.05) is 62.5 Å². The summed E-state index contributed by atoms with van der Waals surface area (Å²) in [5.74, 6) is -2.93. The van der Waals surface area contributed by atoms with Crippen LogP contribution in [-0.4, -0.2) is 29.2 Å². The van der Waals surface area contributed by atoms with Crippen molar-refractivity contribution in [2.24, 2.45) is 18.9 Å². The molecule has 2 atom stereocenters. The van der Waals surface area contributed by atoms with E-state index in [1.54, 1.807) is 21.0 Å². The second kappa shape index (κ2) is 8.36. The van der Waals surface area contributed by atoms with Crippen LogP contribution in [0.25, 0.3) is 10.9 Å². The Hall–Kier alpha value is -3.25. The zero-order chi connectivity index (χ0) is 23.2. The number of Topliss-reactive ketones (excluding diaryl/α,β-unsaturated/α-hetero) is 2.